The van der Waals surface area contributed by atoms with Gasteiger partial charge in [0.1, 0.15) is 11.0 Å². The molecule has 4 nitrogen and oxygen atoms in total. The van der Waals surface area contributed by atoms with Crippen LogP contribution >= 0.6 is 27.7 Å². The molecule has 1 atom stereocenters. The normalized spacial score (nSPS) is 19.6. The Hall–Kier alpha value is -0.720. The minimum Gasteiger partial charge on any atom is -0.444 e. The van der Waals surface area contributed by atoms with Crippen molar-refractivity contribution >= 4 is 33.8 Å². The van der Waals surface area contributed by atoms with E-state index >= 15 is 0 Å². The maximum Gasteiger partial charge on any atom is 0.410 e. The van der Waals surface area contributed by atoms with Crippen LogP contribution in [0.1, 0.15) is 27.2 Å². The number of hydrogen-bond acceptors (Lipinski definition) is 4. The number of nitrogens with zero attached hydrogens (tertiary/aromatic N) is 1. The fourth-order valence-corrected chi connectivity index (χ4v) is 3.64. The second-order valence-electron chi connectivity index (χ2n) is 6.13. The maximum absolute atomic E-state index is 12.1. The Kier molecular flexibility index (Phi) is 6.17. The van der Waals surface area contributed by atoms with E-state index in [1.54, 1.807) is 16.7 Å². The summed E-state index contributed by atoms with van der Waals surface area (Å²) in [5.41, 5.74) is -0.406. The Morgan fingerprint density at radius 3 is 2.86 bits per heavy atom. The largest absolute Gasteiger partial charge is 0.444 e. The lowest BCUT2D eigenvalue weighted by molar-refractivity contribution is 0.0242. The molecule has 22 heavy (non-hydrogen) atoms. The minimum atomic E-state index is -0.464. The molecule has 0 spiro atoms. The summed E-state index contributed by atoms with van der Waals surface area (Å²) in [5, 5.41) is 0. The molecule has 1 aliphatic rings. The second kappa shape index (κ2) is 7.70. The van der Waals surface area contributed by atoms with Crippen LogP contribution in [0, 0.1) is 0 Å². The Bertz CT molecular complexity index is 518. The van der Waals surface area contributed by atoms with E-state index in [0.717, 1.165) is 15.8 Å². The number of thioether (sulfide) groups is 1. The van der Waals surface area contributed by atoms with Crippen LogP contribution in [0.3, 0.4) is 0 Å². The van der Waals surface area contributed by atoms with Gasteiger partial charge < -0.3 is 14.4 Å². The number of amides is 1. The lowest BCUT2D eigenvalue weighted by Crippen LogP contribution is -2.38. The molecule has 6 heteroatoms. The van der Waals surface area contributed by atoms with E-state index in [9.17, 15) is 4.79 Å². The average molecular weight is 388 g/mol. The summed E-state index contributed by atoms with van der Waals surface area (Å²) in [6, 6.07) is 8.15. The van der Waals surface area contributed by atoms with E-state index < -0.39 is 5.60 Å². The first-order valence-corrected chi connectivity index (χ1v) is 9.02. The lowest BCUT2D eigenvalue weighted by atomic mass is 10.2. The molecule has 0 aromatic heterocycles. The molecule has 0 aliphatic carbocycles. The lowest BCUT2D eigenvalue weighted by Gasteiger charge is -2.26. The van der Waals surface area contributed by atoms with Gasteiger partial charge in [-0.2, -0.15) is 0 Å². The molecule has 122 valence electrons. The average Bonchev–Trinajstić information content (AvgIpc) is 2.62. The van der Waals surface area contributed by atoms with Crippen molar-refractivity contribution in [2.75, 3.05) is 19.7 Å². The Morgan fingerprint density at radius 1 is 1.41 bits per heavy atom. The zero-order valence-corrected chi connectivity index (χ0v) is 15.6. The van der Waals surface area contributed by atoms with Crippen LogP contribution < -0.4 is 0 Å². The van der Waals surface area contributed by atoms with Gasteiger partial charge in [0, 0.05) is 28.9 Å². The molecule has 1 heterocycles. The van der Waals surface area contributed by atoms with Crippen LogP contribution in [0.2, 0.25) is 0 Å². The van der Waals surface area contributed by atoms with E-state index in [-0.39, 0.29) is 11.5 Å². The third-order valence-electron chi connectivity index (χ3n) is 3.01. The van der Waals surface area contributed by atoms with Gasteiger partial charge in [-0.05, 0) is 39.0 Å². The van der Waals surface area contributed by atoms with E-state index in [1.807, 2.05) is 32.9 Å². The maximum atomic E-state index is 12.1. The fraction of sp³-hybridized carbons (Fsp3) is 0.562. The first-order valence-electron chi connectivity index (χ1n) is 7.35. The highest BCUT2D eigenvalue weighted by Crippen LogP contribution is 2.29. The molecular formula is C16H22BrNO3S. The van der Waals surface area contributed by atoms with Gasteiger partial charge in [-0.15, -0.1) is 0 Å². The van der Waals surface area contributed by atoms with Gasteiger partial charge in [0.2, 0.25) is 0 Å². The van der Waals surface area contributed by atoms with Gasteiger partial charge >= 0.3 is 6.09 Å². The summed E-state index contributed by atoms with van der Waals surface area (Å²) in [6.45, 7) is 7.40. The number of benzene rings is 1. The number of carbonyl (C=O) groups is 1. The third kappa shape index (κ3) is 5.82. The SMILES string of the molecule is CC(C)(C)OC(=O)N1CCOC(Sc2cccc(Br)c2)CC1. The van der Waals surface area contributed by atoms with Crippen LogP contribution in [-0.4, -0.2) is 41.7 Å². The third-order valence-corrected chi connectivity index (χ3v) is 4.67. The van der Waals surface area contributed by atoms with E-state index in [1.165, 1.54) is 0 Å². The smallest absolute Gasteiger partial charge is 0.410 e. The molecular weight excluding hydrogens is 366 g/mol. The number of carbonyl (C=O) groups excluding carboxylic acids is 1. The van der Waals surface area contributed by atoms with Crippen molar-refractivity contribution in [1.82, 2.24) is 4.90 Å². The topological polar surface area (TPSA) is 38.8 Å². The molecule has 1 aliphatic heterocycles. The van der Waals surface area contributed by atoms with E-state index in [2.05, 4.69) is 28.1 Å². The summed E-state index contributed by atoms with van der Waals surface area (Å²) in [5.74, 6) is 0. The molecule has 0 bridgehead atoms. The Morgan fingerprint density at radius 2 is 2.18 bits per heavy atom. The van der Waals surface area contributed by atoms with Crippen LogP contribution in [0.25, 0.3) is 0 Å². The van der Waals surface area contributed by atoms with Crippen LogP contribution in [0.5, 0.6) is 0 Å². The first kappa shape index (κ1) is 17.6. The zero-order valence-electron chi connectivity index (χ0n) is 13.2. The molecule has 0 saturated carbocycles. The van der Waals surface area contributed by atoms with Crippen molar-refractivity contribution in [3.8, 4) is 0 Å². The number of hydrogen-bond donors (Lipinski definition) is 0. The molecule has 0 radical (unpaired) electrons. The van der Waals surface area contributed by atoms with Crippen molar-refractivity contribution < 1.29 is 14.3 Å². The quantitative estimate of drug-likeness (QED) is 0.747. The van der Waals surface area contributed by atoms with Crippen molar-refractivity contribution in [1.29, 1.82) is 0 Å². The fourth-order valence-electron chi connectivity index (χ4n) is 2.04. The molecule has 1 saturated heterocycles. The summed E-state index contributed by atoms with van der Waals surface area (Å²) in [7, 11) is 0. The highest BCUT2D eigenvalue weighted by molar-refractivity contribution is 9.10. The molecule has 1 amide bonds. The number of ether oxygens (including phenoxy) is 2. The molecule has 1 aromatic carbocycles. The highest BCUT2D eigenvalue weighted by Gasteiger charge is 2.25. The van der Waals surface area contributed by atoms with Gasteiger partial charge in [-0.25, -0.2) is 4.79 Å². The summed E-state index contributed by atoms with van der Waals surface area (Å²) < 4.78 is 12.3. The number of rotatable bonds is 2. The standard InChI is InChI=1S/C16H22BrNO3S/c1-16(2,3)21-15(19)18-8-7-14(20-10-9-18)22-13-6-4-5-12(17)11-13/h4-6,11,14H,7-10H2,1-3H3. The van der Waals surface area contributed by atoms with E-state index in [4.69, 9.17) is 9.47 Å². The molecule has 1 aromatic rings. The van der Waals surface area contributed by atoms with Gasteiger partial charge in [0.05, 0.1) is 6.61 Å². The van der Waals surface area contributed by atoms with Crippen LogP contribution in [-0.2, 0) is 9.47 Å². The summed E-state index contributed by atoms with van der Waals surface area (Å²) >= 11 is 5.16. The molecule has 2 rings (SSSR count). The van der Waals surface area contributed by atoms with Crippen LogP contribution in [0.4, 0.5) is 4.79 Å². The highest BCUT2D eigenvalue weighted by atomic mass is 79.9. The van der Waals surface area contributed by atoms with Gasteiger partial charge in [0.25, 0.3) is 0 Å². The molecule has 1 fully saturated rings. The van der Waals surface area contributed by atoms with Crippen molar-refractivity contribution in [2.24, 2.45) is 0 Å². The Labute approximate surface area is 144 Å². The van der Waals surface area contributed by atoms with Crippen molar-refractivity contribution in [2.45, 2.75) is 43.1 Å². The minimum absolute atomic E-state index is 0.0572. The van der Waals surface area contributed by atoms with Crippen molar-refractivity contribution in [3.63, 3.8) is 0 Å². The van der Waals surface area contributed by atoms with Crippen LogP contribution in [0.15, 0.2) is 33.6 Å². The number of halogens is 1. The molecule has 1 unspecified atom stereocenters. The van der Waals surface area contributed by atoms with Gasteiger partial charge in [0.15, 0.2) is 0 Å². The van der Waals surface area contributed by atoms with Crippen molar-refractivity contribution in [3.05, 3.63) is 28.7 Å². The first-order chi connectivity index (χ1) is 10.3. The Balaban J connectivity index is 1.88. The predicted molar refractivity (Wildman–Crippen MR) is 92.2 cm³/mol. The zero-order chi connectivity index (χ0) is 16.2. The van der Waals surface area contributed by atoms with Gasteiger partial charge in [-0.1, -0.05) is 33.8 Å². The second-order valence-corrected chi connectivity index (χ2v) is 8.28. The monoisotopic (exact) mass is 387 g/mol. The predicted octanol–water partition coefficient (Wildman–Crippen LogP) is 4.52. The van der Waals surface area contributed by atoms with Gasteiger partial charge in [-0.3, -0.25) is 0 Å². The molecule has 0 N–H and O–H groups in total. The summed E-state index contributed by atoms with van der Waals surface area (Å²) in [6.07, 6.45) is 0.528. The van der Waals surface area contributed by atoms with E-state index in [0.29, 0.717) is 19.7 Å². The summed E-state index contributed by atoms with van der Waals surface area (Å²) in [4.78, 5) is 15.0.